The average Bonchev–Trinajstić information content (AvgIpc) is 2.98. The number of aromatic hydroxyl groups is 2. The van der Waals surface area contributed by atoms with E-state index in [1.54, 1.807) is 13.0 Å². The van der Waals surface area contributed by atoms with Gasteiger partial charge < -0.3 is 34.6 Å². The molecule has 11 nitrogen and oxygen atoms in total. The highest BCUT2D eigenvalue weighted by Gasteiger charge is 2.49. The van der Waals surface area contributed by atoms with E-state index in [2.05, 4.69) is 12.5 Å². The Morgan fingerprint density at radius 1 is 1.23 bits per heavy atom. The quantitative estimate of drug-likeness (QED) is 0.169. The zero-order chi connectivity index (χ0) is 32.1. The second-order valence-corrected chi connectivity index (χ2v) is 11.5. The number of phenolic OH excluding ortho intramolecular Hbond substituents is 2. The van der Waals surface area contributed by atoms with Gasteiger partial charge in [-0.1, -0.05) is 24.1 Å². The minimum Gasteiger partial charge on any atom is -0.507 e. The number of nitrogens with zero attached hydrogens (tertiary/aromatic N) is 1. The molecule has 1 aliphatic heterocycles. The SMILES string of the molecule is C#CCN(CC=C)[C@H]1C[C@H](O[C@H]2C[C@](O)(C(C)=O)Cc3c(O)c4c(c(O)c32)C(=O)c2c(OC)cccc2C4=O)O[C@@H](C)[C@H]1O. The van der Waals surface area contributed by atoms with Crippen LogP contribution < -0.4 is 4.74 Å². The lowest BCUT2D eigenvalue weighted by Crippen LogP contribution is -2.56. The van der Waals surface area contributed by atoms with Gasteiger partial charge in [-0.2, -0.15) is 0 Å². The van der Waals surface area contributed by atoms with Gasteiger partial charge in [-0.25, -0.2) is 0 Å². The van der Waals surface area contributed by atoms with Crippen molar-refractivity contribution in [2.24, 2.45) is 0 Å². The van der Waals surface area contributed by atoms with Crippen LogP contribution in [-0.4, -0.2) is 93.0 Å². The molecule has 232 valence electrons. The number of rotatable bonds is 8. The molecule has 1 saturated heterocycles. The number of ketones is 3. The number of Topliss-reactive ketones (excluding diaryl/α,β-unsaturated/α-hetero) is 1. The van der Waals surface area contributed by atoms with Crippen molar-refractivity contribution < 1.29 is 49.0 Å². The molecule has 2 aromatic carbocycles. The largest absolute Gasteiger partial charge is 0.507 e. The van der Waals surface area contributed by atoms with E-state index < -0.39 is 82.6 Å². The van der Waals surface area contributed by atoms with E-state index >= 15 is 0 Å². The number of terminal acetylenes is 1. The maximum atomic E-state index is 13.8. The van der Waals surface area contributed by atoms with Crippen LogP contribution in [0.4, 0.5) is 0 Å². The molecule has 0 spiro atoms. The Morgan fingerprint density at radius 2 is 1.93 bits per heavy atom. The van der Waals surface area contributed by atoms with E-state index in [1.807, 2.05) is 4.90 Å². The van der Waals surface area contributed by atoms with Crippen LogP contribution in [-0.2, 0) is 20.7 Å². The van der Waals surface area contributed by atoms with Gasteiger partial charge in [0.15, 0.2) is 17.9 Å². The van der Waals surface area contributed by atoms with Crippen molar-refractivity contribution in [2.75, 3.05) is 20.2 Å². The van der Waals surface area contributed by atoms with Crippen LogP contribution >= 0.6 is 0 Å². The summed E-state index contributed by atoms with van der Waals surface area (Å²) in [4.78, 5) is 42.0. The number of hydrogen-bond donors (Lipinski definition) is 4. The van der Waals surface area contributed by atoms with Crippen molar-refractivity contribution in [3.8, 4) is 29.6 Å². The third kappa shape index (κ3) is 4.99. The molecule has 6 atom stereocenters. The monoisotopic (exact) mass is 605 g/mol. The van der Waals surface area contributed by atoms with E-state index in [0.29, 0.717) is 6.54 Å². The Hall–Kier alpha value is -4.05. The lowest BCUT2D eigenvalue weighted by Gasteiger charge is -2.45. The summed E-state index contributed by atoms with van der Waals surface area (Å²) < 4.78 is 17.6. The maximum absolute atomic E-state index is 13.8. The molecule has 0 bridgehead atoms. The number of phenols is 2. The Morgan fingerprint density at radius 3 is 2.57 bits per heavy atom. The van der Waals surface area contributed by atoms with Gasteiger partial charge in [0.1, 0.15) is 22.8 Å². The van der Waals surface area contributed by atoms with Crippen molar-refractivity contribution in [3.63, 3.8) is 0 Å². The molecule has 2 aliphatic carbocycles. The fraction of sp³-hybridized carbons (Fsp3) is 0.424. The van der Waals surface area contributed by atoms with Crippen molar-refractivity contribution in [2.45, 2.75) is 69.4 Å². The Labute approximate surface area is 254 Å². The van der Waals surface area contributed by atoms with E-state index in [1.165, 1.54) is 32.2 Å². The van der Waals surface area contributed by atoms with Crippen LogP contribution in [0, 0.1) is 12.3 Å². The molecule has 0 saturated carbocycles. The molecule has 0 unspecified atom stereocenters. The number of fused-ring (bicyclic) bond motifs is 3. The summed E-state index contributed by atoms with van der Waals surface area (Å²) in [6, 6.07) is 3.93. The van der Waals surface area contributed by atoms with Gasteiger partial charge in [-0.05, 0) is 19.9 Å². The second kappa shape index (κ2) is 11.8. The second-order valence-electron chi connectivity index (χ2n) is 11.5. The molecule has 0 radical (unpaired) electrons. The highest BCUT2D eigenvalue weighted by molar-refractivity contribution is 6.31. The van der Waals surface area contributed by atoms with Crippen LogP contribution in [0.15, 0.2) is 30.9 Å². The van der Waals surface area contributed by atoms with E-state index in [9.17, 15) is 34.8 Å². The van der Waals surface area contributed by atoms with Crippen LogP contribution in [0.5, 0.6) is 17.2 Å². The summed E-state index contributed by atoms with van der Waals surface area (Å²) in [5.74, 6) is -0.649. The molecule has 1 heterocycles. The Kier molecular flexibility index (Phi) is 8.41. The van der Waals surface area contributed by atoms with Gasteiger partial charge in [0.25, 0.3) is 0 Å². The summed E-state index contributed by atoms with van der Waals surface area (Å²) in [6.07, 6.45) is 2.62. The van der Waals surface area contributed by atoms with Gasteiger partial charge in [-0.3, -0.25) is 19.3 Å². The molecule has 2 aromatic rings. The molecule has 1 fully saturated rings. The normalized spacial score (nSPS) is 27.6. The molecule has 11 heteroatoms. The van der Waals surface area contributed by atoms with Gasteiger partial charge in [-0.15, -0.1) is 13.0 Å². The fourth-order valence-electron chi connectivity index (χ4n) is 6.56. The first-order valence-corrected chi connectivity index (χ1v) is 14.3. The molecule has 0 aromatic heterocycles. The van der Waals surface area contributed by atoms with Gasteiger partial charge in [0.05, 0.1) is 48.7 Å². The maximum Gasteiger partial charge on any atom is 0.202 e. The average molecular weight is 606 g/mol. The summed E-state index contributed by atoms with van der Waals surface area (Å²) in [5.41, 5.74) is -3.11. The standard InChI is InChI=1S/C33H35NO10/c1-6-11-34(12-7-2)20-13-23(43-16(3)28(20)36)44-22-15-33(41,17(4)35)14-19-25(22)32(40)27-26(30(19)38)29(37)18-9-8-10-21(42-5)24(18)31(27)39/h1,7-10,16,20,22-23,28,36,38,40-41H,2,11-15H2,3-5H3/t16-,20-,22-,23-,28+,33-/m0/s1. The topological polar surface area (TPSA) is 163 Å². The van der Waals surface area contributed by atoms with E-state index in [-0.39, 0.29) is 47.4 Å². The highest BCUT2D eigenvalue weighted by Crippen LogP contribution is 2.52. The molecule has 44 heavy (non-hydrogen) atoms. The lowest BCUT2D eigenvalue weighted by atomic mass is 9.72. The summed E-state index contributed by atoms with van der Waals surface area (Å²) >= 11 is 0. The van der Waals surface area contributed by atoms with Crippen LogP contribution in [0.1, 0.15) is 75.8 Å². The van der Waals surface area contributed by atoms with Crippen LogP contribution in [0.2, 0.25) is 0 Å². The number of carbonyl (C=O) groups is 3. The predicted molar refractivity (Wildman–Crippen MR) is 157 cm³/mol. The van der Waals surface area contributed by atoms with Crippen molar-refractivity contribution in [1.82, 2.24) is 4.90 Å². The fourth-order valence-corrected chi connectivity index (χ4v) is 6.56. The molecule has 0 amide bonds. The van der Waals surface area contributed by atoms with Crippen LogP contribution in [0.25, 0.3) is 0 Å². The summed E-state index contributed by atoms with van der Waals surface area (Å²) in [5, 5.41) is 45.5. The summed E-state index contributed by atoms with van der Waals surface area (Å²) in [7, 11) is 1.34. The van der Waals surface area contributed by atoms with Gasteiger partial charge in [0, 0.05) is 48.5 Å². The molecule has 3 aliphatic rings. The Bertz CT molecular complexity index is 1590. The first-order chi connectivity index (χ1) is 20.9. The number of hydrogen-bond acceptors (Lipinski definition) is 11. The molecule has 5 rings (SSSR count). The molecule has 4 N–H and O–H groups in total. The van der Waals surface area contributed by atoms with Crippen molar-refractivity contribution in [1.29, 1.82) is 0 Å². The smallest absolute Gasteiger partial charge is 0.202 e. The molecular formula is C33H35NO10. The number of aliphatic hydroxyl groups excluding tert-OH is 1. The molecular weight excluding hydrogens is 570 g/mol. The number of aliphatic hydroxyl groups is 2. The van der Waals surface area contributed by atoms with E-state index in [0.717, 1.165) is 0 Å². The number of ether oxygens (including phenoxy) is 3. The van der Waals surface area contributed by atoms with Crippen molar-refractivity contribution >= 4 is 17.3 Å². The van der Waals surface area contributed by atoms with Gasteiger partial charge >= 0.3 is 0 Å². The summed E-state index contributed by atoms with van der Waals surface area (Å²) in [6.45, 7) is 7.19. The highest BCUT2D eigenvalue weighted by atomic mass is 16.7. The minimum atomic E-state index is -2.03. The number of benzene rings is 2. The zero-order valence-corrected chi connectivity index (χ0v) is 24.7. The third-order valence-corrected chi connectivity index (χ3v) is 8.85. The van der Waals surface area contributed by atoms with Crippen molar-refractivity contribution in [3.05, 3.63) is 64.2 Å². The Balaban J connectivity index is 1.62. The van der Waals surface area contributed by atoms with E-state index in [4.69, 9.17) is 20.6 Å². The minimum absolute atomic E-state index is 0.0211. The third-order valence-electron chi connectivity index (χ3n) is 8.85. The van der Waals surface area contributed by atoms with Crippen LogP contribution in [0.3, 0.4) is 0 Å². The zero-order valence-electron chi connectivity index (χ0n) is 24.7. The lowest BCUT2D eigenvalue weighted by molar-refractivity contribution is -0.257. The number of methoxy groups -OCH3 is 1. The number of carbonyl (C=O) groups excluding carboxylic acids is 3. The van der Waals surface area contributed by atoms with Gasteiger partial charge in [0.2, 0.25) is 5.78 Å². The predicted octanol–water partition coefficient (Wildman–Crippen LogP) is 2.19. The first-order valence-electron chi connectivity index (χ1n) is 14.3. The first kappa shape index (κ1) is 31.4.